The Hall–Kier alpha value is -3.82. The molecule has 2 aromatic carbocycles. The second kappa shape index (κ2) is 8.97. The Balaban J connectivity index is 1.82. The van der Waals surface area contributed by atoms with Crippen molar-refractivity contribution in [3.05, 3.63) is 23.3 Å². The number of rotatable bonds is 7. The smallest absolute Gasteiger partial charge is 0.228 e. The van der Waals surface area contributed by atoms with Gasteiger partial charge in [0.2, 0.25) is 17.4 Å². The molecule has 0 fully saturated rings. The molecular formula is C23H28N4O6. The molecule has 0 radical (unpaired) electrons. The summed E-state index contributed by atoms with van der Waals surface area (Å²) in [5.74, 6) is 4.06. The molecule has 0 atom stereocenters. The van der Waals surface area contributed by atoms with Crippen molar-refractivity contribution in [2.45, 2.75) is 13.0 Å². The van der Waals surface area contributed by atoms with Crippen LogP contribution in [0.3, 0.4) is 0 Å². The largest absolute Gasteiger partial charge is 0.493 e. The number of anilines is 2. The van der Waals surface area contributed by atoms with E-state index in [4.69, 9.17) is 39.1 Å². The van der Waals surface area contributed by atoms with Crippen LogP contribution in [-0.4, -0.2) is 59.2 Å². The van der Waals surface area contributed by atoms with Crippen molar-refractivity contribution < 1.29 is 28.4 Å². The summed E-state index contributed by atoms with van der Waals surface area (Å²) in [4.78, 5) is 11.4. The van der Waals surface area contributed by atoms with E-state index in [0.717, 1.165) is 11.1 Å². The van der Waals surface area contributed by atoms with Crippen LogP contribution in [0.25, 0.3) is 10.9 Å². The highest BCUT2D eigenvalue weighted by molar-refractivity contribution is 5.97. The van der Waals surface area contributed by atoms with Gasteiger partial charge in [0, 0.05) is 18.7 Å². The molecule has 2 heterocycles. The number of fused-ring (bicyclic) bond motifs is 2. The lowest BCUT2D eigenvalue weighted by Gasteiger charge is -2.31. The molecule has 1 aliphatic rings. The van der Waals surface area contributed by atoms with Crippen LogP contribution in [0.2, 0.25) is 0 Å². The third kappa shape index (κ3) is 3.61. The summed E-state index contributed by atoms with van der Waals surface area (Å²) in [5.41, 5.74) is 9.00. The molecule has 1 aliphatic heterocycles. The topological polar surface area (TPSA) is 110 Å². The molecule has 0 bridgehead atoms. The van der Waals surface area contributed by atoms with Crippen molar-refractivity contribution in [1.29, 1.82) is 0 Å². The van der Waals surface area contributed by atoms with Gasteiger partial charge in [-0.2, -0.15) is 4.98 Å². The summed E-state index contributed by atoms with van der Waals surface area (Å²) in [6, 6.07) is 3.71. The number of benzene rings is 2. The number of nitrogen functional groups attached to an aromatic ring is 1. The van der Waals surface area contributed by atoms with Crippen LogP contribution < -0.4 is 39.1 Å². The lowest BCUT2D eigenvalue weighted by Crippen LogP contribution is -2.32. The Bertz CT molecular complexity index is 1200. The van der Waals surface area contributed by atoms with Gasteiger partial charge in [-0.1, -0.05) is 0 Å². The molecule has 10 nitrogen and oxygen atoms in total. The van der Waals surface area contributed by atoms with Gasteiger partial charge in [0.25, 0.3) is 0 Å². The maximum atomic E-state index is 6.34. The standard InChI is InChI=1S/C23H28N4O6/c1-28-15-9-12-11-27(8-7-13(12)18(30-3)19(15)31-4)23-25-17-14(22(24)26-23)10-16(29-2)20(32-5)21(17)33-6/h9-10H,7-8,11H2,1-6H3,(H2,24,25,26). The maximum Gasteiger partial charge on any atom is 0.228 e. The zero-order valence-electron chi connectivity index (χ0n) is 19.6. The molecule has 0 saturated carbocycles. The number of hydrogen-bond donors (Lipinski definition) is 1. The molecule has 0 amide bonds. The van der Waals surface area contributed by atoms with Crippen molar-refractivity contribution in [2.24, 2.45) is 0 Å². The van der Waals surface area contributed by atoms with Gasteiger partial charge in [0.15, 0.2) is 23.0 Å². The number of methoxy groups -OCH3 is 6. The highest BCUT2D eigenvalue weighted by Crippen LogP contribution is 2.46. The van der Waals surface area contributed by atoms with Gasteiger partial charge in [-0.05, 0) is 24.1 Å². The highest BCUT2D eigenvalue weighted by Gasteiger charge is 2.28. The summed E-state index contributed by atoms with van der Waals surface area (Å²) >= 11 is 0. The molecule has 4 rings (SSSR count). The van der Waals surface area contributed by atoms with E-state index in [-0.39, 0.29) is 0 Å². The molecule has 0 aliphatic carbocycles. The summed E-state index contributed by atoms with van der Waals surface area (Å²) < 4.78 is 33.3. The number of nitrogens with zero attached hydrogens (tertiary/aromatic N) is 3. The predicted molar refractivity (Wildman–Crippen MR) is 124 cm³/mol. The molecule has 0 spiro atoms. The average Bonchev–Trinajstić information content (AvgIpc) is 2.85. The first kappa shape index (κ1) is 22.4. The van der Waals surface area contributed by atoms with E-state index < -0.39 is 0 Å². The first-order valence-corrected chi connectivity index (χ1v) is 10.3. The first-order chi connectivity index (χ1) is 16.0. The minimum absolute atomic E-state index is 0.324. The molecule has 10 heteroatoms. The minimum atomic E-state index is 0.324. The summed E-state index contributed by atoms with van der Waals surface area (Å²) in [5, 5.41) is 0.624. The van der Waals surface area contributed by atoms with Gasteiger partial charge in [-0.3, -0.25) is 0 Å². The van der Waals surface area contributed by atoms with Crippen molar-refractivity contribution >= 4 is 22.7 Å². The van der Waals surface area contributed by atoms with E-state index in [1.165, 1.54) is 0 Å². The fourth-order valence-electron chi connectivity index (χ4n) is 4.27. The highest BCUT2D eigenvalue weighted by atomic mass is 16.5. The van der Waals surface area contributed by atoms with Gasteiger partial charge in [0.1, 0.15) is 11.3 Å². The lowest BCUT2D eigenvalue weighted by atomic mass is 9.97. The number of nitrogens with two attached hydrogens (primary N) is 1. The minimum Gasteiger partial charge on any atom is -0.493 e. The van der Waals surface area contributed by atoms with E-state index in [1.807, 2.05) is 6.07 Å². The number of ether oxygens (including phenoxy) is 6. The number of hydrogen-bond acceptors (Lipinski definition) is 10. The number of aromatic nitrogens is 2. The van der Waals surface area contributed by atoms with Crippen molar-refractivity contribution in [3.8, 4) is 34.5 Å². The molecular weight excluding hydrogens is 428 g/mol. The predicted octanol–water partition coefficient (Wildman–Crippen LogP) is 2.83. The second-order valence-corrected chi connectivity index (χ2v) is 7.40. The van der Waals surface area contributed by atoms with Gasteiger partial charge < -0.3 is 39.1 Å². The quantitative estimate of drug-likeness (QED) is 0.570. The Kier molecular flexibility index (Phi) is 6.08. The normalized spacial score (nSPS) is 12.8. The van der Waals surface area contributed by atoms with E-state index in [1.54, 1.807) is 48.7 Å². The van der Waals surface area contributed by atoms with Crippen LogP contribution in [0.4, 0.5) is 11.8 Å². The SMILES string of the molecule is COc1cc2c(c(OC)c1OC)CCN(c1nc(N)c3cc(OC)c(OC)c(OC)c3n1)C2. The zero-order chi connectivity index (χ0) is 23.7. The van der Waals surface area contributed by atoms with Gasteiger partial charge in [-0.25, -0.2) is 4.98 Å². The fraction of sp³-hybridized carbons (Fsp3) is 0.391. The lowest BCUT2D eigenvalue weighted by molar-refractivity contribution is 0.320. The van der Waals surface area contributed by atoms with Crippen molar-refractivity contribution in [3.63, 3.8) is 0 Å². The first-order valence-electron chi connectivity index (χ1n) is 10.3. The molecule has 1 aromatic heterocycles. The van der Waals surface area contributed by atoms with E-state index in [9.17, 15) is 0 Å². The zero-order valence-corrected chi connectivity index (χ0v) is 19.6. The summed E-state index contributed by atoms with van der Waals surface area (Å²) in [6.07, 6.45) is 0.712. The Labute approximate surface area is 192 Å². The average molecular weight is 456 g/mol. The summed E-state index contributed by atoms with van der Waals surface area (Å²) in [6.45, 7) is 1.21. The Morgan fingerprint density at radius 1 is 0.758 bits per heavy atom. The molecule has 2 N–H and O–H groups in total. The van der Waals surface area contributed by atoms with Gasteiger partial charge in [0.05, 0.1) is 48.0 Å². The van der Waals surface area contributed by atoms with Crippen LogP contribution >= 0.6 is 0 Å². The maximum absolute atomic E-state index is 6.34. The van der Waals surface area contributed by atoms with E-state index in [2.05, 4.69) is 9.88 Å². The van der Waals surface area contributed by atoms with E-state index >= 15 is 0 Å². The third-order valence-electron chi connectivity index (χ3n) is 5.81. The van der Waals surface area contributed by atoms with Crippen LogP contribution in [0.15, 0.2) is 12.1 Å². The van der Waals surface area contributed by atoms with Crippen molar-refractivity contribution in [2.75, 3.05) is 59.8 Å². The molecule has 0 unspecified atom stereocenters. The molecule has 176 valence electrons. The van der Waals surface area contributed by atoms with Crippen LogP contribution in [0, 0.1) is 0 Å². The van der Waals surface area contributed by atoms with E-state index in [0.29, 0.717) is 76.7 Å². The summed E-state index contributed by atoms with van der Waals surface area (Å²) in [7, 11) is 9.49. The Morgan fingerprint density at radius 2 is 1.36 bits per heavy atom. The third-order valence-corrected chi connectivity index (χ3v) is 5.81. The van der Waals surface area contributed by atoms with Gasteiger partial charge in [-0.15, -0.1) is 0 Å². The van der Waals surface area contributed by atoms with Gasteiger partial charge >= 0.3 is 0 Å². The Morgan fingerprint density at radius 3 is 1.97 bits per heavy atom. The molecule has 0 saturated heterocycles. The second-order valence-electron chi connectivity index (χ2n) is 7.40. The molecule has 33 heavy (non-hydrogen) atoms. The fourth-order valence-corrected chi connectivity index (χ4v) is 4.27. The van der Waals surface area contributed by atoms with Crippen LogP contribution in [0.5, 0.6) is 34.5 Å². The van der Waals surface area contributed by atoms with Crippen molar-refractivity contribution in [1.82, 2.24) is 9.97 Å². The monoisotopic (exact) mass is 456 g/mol. The van der Waals surface area contributed by atoms with Crippen LogP contribution in [-0.2, 0) is 13.0 Å². The van der Waals surface area contributed by atoms with Crippen LogP contribution in [0.1, 0.15) is 11.1 Å². The molecule has 3 aromatic rings.